The van der Waals surface area contributed by atoms with E-state index in [4.69, 9.17) is 0 Å². The molecule has 0 aliphatic heterocycles. The number of anilines is 1. The molecule has 3 heteroatoms. The molecule has 0 spiro atoms. The largest absolute Gasteiger partial charge is 0.387 e. The third kappa shape index (κ3) is 3.49. The van der Waals surface area contributed by atoms with Gasteiger partial charge in [0.05, 0.1) is 5.56 Å². The van der Waals surface area contributed by atoms with Crippen molar-refractivity contribution in [2.45, 2.75) is 40.7 Å². The molecule has 1 aromatic rings. The molecule has 1 aromatic carbocycles. The van der Waals surface area contributed by atoms with Crippen LogP contribution in [0.3, 0.4) is 0 Å². The summed E-state index contributed by atoms with van der Waals surface area (Å²) in [4.78, 5) is 12.3. The van der Waals surface area contributed by atoms with Crippen molar-refractivity contribution < 1.29 is 4.79 Å². The lowest BCUT2D eigenvalue weighted by Crippen LogP contribution is -2.41. The van der Waals surface area contributed by atoms with Crippen LogP contribution in [0.1, 0.15) is 43.6 Å². The van der Waals surface area contributed by atoms with Gasteiger partial charge in [0.1, 0.15) is 0 Å². The van der Waals surface area contributed by atoms with Gasteiger partial charge in [0, 0.05) is 18.8 Å². The third-order valence-electron chi connectivity index (χ3n) is 3.34. The maximum Gasteiger partial charge on any atom is 0.253 e. The summed E-state index contributed by atoms with van der Waals surface area (Å²) in [5.41, 5.74) is 2.70. The summed E-state index contributed by atoms with van der Waals surface area (Å²) >= 11 is 0. The smallest absolute Gasteiger partial charge is 0.253 e. The van der Waals surface area contributed by atoms with Crippen molar-refractivity contribution in [1.82, 2.24) is 5.32 Å². The van der Waals surface area contributed by atoms with Crippen molar-refractivity contribution in [3.63, 3.8) is 0 Å². The van der Waals surface area contributed by atoms with Crippen molar-refractivity contribution in [3.05, 3.63) is 29.3 Å². The number of carbonyl (C=O) groups excluding carboxylic acids is 1. The van der Waals surface area contributed by atoms with Crippen LogP contribution < -0.4 is 10.6 Å². The molecule has 0 saturated heterocycles. The second kappa shape index (κ2) is 5.42. The summed E-state index contributed by atoms with van der Waals surface area (Å²) in [5.74, 6) is -0.0227. The van der Waals surface area contributed by atoms with E-state index >= 15 is 0 Å². The lowest BCUT2D eigenvalue weighted by atomic mass is 9.88. The summed E-state index contributed by atoms with van der Waals surface area (Å²) in [5, 5.41) is 6.11. The highest BCUT2D eigenvalue weighted by Gasteiger charge is 2.23. The van der Waals surface area contributed by atoms with Crippen LogP contribution in [0.25, 0.3) is 0 Å². The van der Waals surface area contributed by atoms with Crippen LogP contribution in [-0.2, 0) is 0 Å². The Labute approximate surface area is 110 Å². The Morgan fingerprint density at radius 1 is 1.28 bits per heavy atom. The zero-order chi connectivity index (χ0) is 13.9. The molecular formula is C15H24N2O. The Kier molecular flexibility index (Phi) is 4.38. The van der Waals surface area contributed by atoms with Gasteiger partial charge in [0.2, 0.25) is 0 Å². The number of nitrogens with one attached hydrogen (secondary N) is 2. The number of rotatable bonds is 3. The van der Waals surface area contributed by atoms with Gasteiger partial charge in [-0.05, 0) is 31.4 Å². The molecule has 100 valence electrons. The molecule has 18 heavy (non-hydrogen) atoms. The fourth-order valence-electron chi connectivity index (χ4n) is 1.55. The molecular weight excluding hydrogens is 224 g/mol. The average molecular weight is 248 g/mol. The number of hydrogen-bond donors (Lipinski definition) is 2. The second-order valence-corrected chi connectivity index (χ2v) is 5.86. The number of benzene rings is 1. The van der Waals surface area contributed by atoms with Crippen LogP contribution in [0.15, 0.2) is 18.2 Å². The van der Waals surface area contributed by atoms with Crippen LogP contribution in [0.5, 0.6) is 0 Å². The SMILES string of the molecule is CNc1ccc(C)cc1C(=O)NC(C)C(C)(C)C. The molecule has 2 N–H and O–H groups in total. The molecule has 0 radical (unpaired) electrons. The van der Waals surface area contributed by atoms with Crippen LogP contribution in [0, 0.1) is 12.3 Å². The maximum absolute atomic E-state index is 12.3. The second-order valence-electron chi connectivity index (χ2n) is 5.86. The van der Waals surface area contributed by atoms with E-state index in [1.165, 1.54) is 0 Å². The Morgan fingerprint density at radius 3 is 2.39 bits per heavy atom. The summed E-state index contributed by atoms with van der Waals surface area (Å²) in [6, 6.07) is 5.97. The third-order valence-corrected chi connectivity index (χ3v) is 3.34. The van der Waals surface area contributed by atoms with Gasteiger partial charge < -0.3 is 10.6 Å². The molecule has 0 aliphatic carbocycles. The van der Waals surface area contributed by atoms with E-state index in [1.807, 2.05) is 39.1 Å². The van der Waals surface area contributed by atoms with E-state index in [-0.39, 0.29) is 17.4 Å². The normalized spacial score (nSPS) is 13.0. The first kappa shape index (κ1) is 14.6. The number of hydrogen-bond acceptors (Lipinski definition) is 2. The molecule has 1 unspecified atom stereocenters. The molecule has 0 heterocycles. The highest BCUT2D eigenvalue weighted by Crippen LogP contribution is 2.21. The zero-order valence-electron chi connectivity index (χ0n) is 12.2. The van der Waals surface area contributed by atoms with E-state index in [2.05, 4.69) is 31.4 Å². The predicted octanol–water partition coefficient (Wildman–Crippen LogP) is 3.20. The fraction of sp³-hybridized carbons (Fsp3) is 0.533. The lowest BCUT2D eigenvalue weighted by molar-refractivity contribution is 0.0911. The Morgan fingerprint density at radius 2 is 1.89 bits per heavy atom. The fourth-order valence-corrected chi connectivity index (χ4v) is 1.55. The van der Waals surface area contributed by atoms with Gasteiger partial charge in [-0.1, -0.05) is 32.4 Å². The zero-order valence-corrected chi connectivity index (χ0v) is 12.2. The minimum atomic E-state index is -0.0227. The van der Waals surface area contributed by atoms with Crippen molar-refractivity contribution >= 4 is 11.6 Å². The van der Waals surface area contributed by atoms with Crippen molar-refractivity contribution in [2.75, 3.05) is 12.4 Å². The molecule has 0 aromatic heterocycles. The van der Waals surface area contributed by atoms with Gasteiger partial charge >= 0.3 is 0 Å². The molecule has 0 saturated carbocycles. The van der Waals surface area contributed by atoms with Crippen LogP contribution >= 0.6 is 0 Å². The van der Waals surface area contributed by atoms with Crippen LogP contribution in [-0.4, -0.2) is 19.0 Å². The van der Waals surface area contributed by atoms with Gasteiger partial charge in [-0.15, -0.1) is 0 Å². The first-order chi connectivity index (χ1) is 8.25. The summed E-state index contributed by atoms with van der Waals surface area (Å²) in [7, 11) is 1.83. The average Bonchev–Trinajstić information content (AvgIpc) is 2.27. The molecule has 1 amide bonds. The summed E-state index contributed by atoms with van der Waals surface area (Å²) in [6.07, 6.45) is 0. The number of amides is 1. The molecule has 3 nitrogen and oxygen atoms in total. The summed E-state index contributed by atoms with van der Waals surface area (Å²) in [6.45, 7) is 10.4. The van der Waals surface area contributed by atoms with E-state index in [0.717, 1.165) is 11.3 Å². The minimum Gasteiger partial charge on any atom is -0.387 e. The van der Waals surface area contributed by atoms with Gasteiger partial charge in [-0.25, -0.2) is 0 Å². The van der Waals surface area contributed by atoms with Crippen molar-refractivity contribution in [1.29, 1.82) is 0 Å². The first-order valence-corrected chi connectivity index (χ1v) is 6.35. The van der Waals surface area contributed by atoms with Crippen molar-refractivity contribution in [3.8, 4) is 0 Å². The standard InChI is InChI=1S/C15H24N2O/c1-10-7-8-13(16-6)12(9-10)14(18)17-11(2)15(3,4)5/h7-9,11,16H,1-6H3,(H,17,18). The van der Waals surface area contributed by atoms with E-state index in [1.54, 1.807) is 0 Å². The topological polar surface area (TPSA) is 41.1 Å². The predicted molar refractivity (Wildman–Crippen MR) is 77.1 cm³/mol. The Bertz CT molecular complexity index is 433. The van der Waals surface area contributed by atoms with E-state index in [9.17, 15) is 4.79 Å². The summed E-state index contributed by atoms with van der Waals surface area (Å²) < 4.78 is 0. The first-order valence-electron chi connectivity index (χ1n) is 6.35. The quantitative estimate of drug-likeness (QED) is 0.862. The Hall–Kier alpha value is -1.51. The Balaban J connectivity index is 2.94. The van der Waals surface area contributed by atoms with Crippen LogP contribution in [0.2, 0.25) is 0 Å². The molecule has 1 rings (SSSR count). The maximum atomic E-state index is 12.3. The van der Waals surface area contributed by atoms with Gasteiger partial charge in [-0.2, -0.15) is 0 Å². The molecule has 1 atom stereocenters. The van der Waals surface area contributed by atoms with E-state index < -0.39 is 0 Å². The van der Waals surface area contributed by atoms with Crippen LogP contribution in [0.4, 0.5) is 5.69 Å². The van der Waals surface area contributed by atoms with Gasteiger partial charge in [0.15, 0.2) is 0 Å². The molecule has 0 aliphatic rings. The number of aryl methyl sites for hydroxylation is 1. The van der Waals surface area contributed by atoms with Gasteiger partial charge in [0.25, 0.3) is 5.91 Å². The highest BCUT2D eigenvalue weighted by atomic mass is 16.1. The lowest BCUT2D eigenvalue weighted by Gasteiger charge is -2.28. The minimum absolute atomic E-state index is 0.0227. The van der Waals surface area contributed by atoms with Crippen molar-refractivity contribution in [2.24, 2.45) is 5.41 Å². The van der Waals surface area contributed by atoms with Gasteiger partial charge in [-0.3, -0.25) is 4.79 Å². The van der Waals surface area contributed by atoms with E-state index in [0.29, 0.717) is 5.56 Å². The highest BCUT2D eigenvalue weighted by molar-refractivity contribution is 6.00. The number of carbonyl (C=O) groups is 1. The molecule has 0 bridgehead atoms. The monoisotopic (exact) mass is 248 g/mol. The molecule has 0 fully saturated rings.